The van der Waals surface area contributed by atoms with Gasteiger partial charge in [0.2, 0.25) is 0 Å². The average molecular weight is 781 g/mol. The van der Waals surface area contributed by atoms with Gasteiger partial charge < -0.3 is 4.90 Å². The molecule has 10 aromatic rings. The van der Waals surface area contributed by atoms with Crippen LogP contribution in [0.3, 0.4) is 0 Å². The smallest absolute Gasteiger partial charge is 0.148 e. The van der Waals surface area contributed by atoms with Crippen molar-refractivity contribution in [1.82, 2.24) is 9.97 Å². The number of nitrogens with zero attached hydrogens (tertiary/aromatic N) is 4. The van der Waals surface area contributed by atoms with Crippen molar-refractivity contribution >= 4 is 55.9 Å². The van der Waals surface area contributed by atoms with E-state index in [9.17, 15) is 0 Å². The normalized spacial score (nSPS) is 13.2. The topological polar surface area (TPSA) is 32.3 Å². The Morgan fingerprint density at radius 1 is 0.475 bits per heavy atom. The lowest BCUT2D eigenvalue weighted by Crippen LogP contribution is -2.17. The molecule has 0 N–H and O–H groups in total. The van der Waals surface area contributed by atoms with Crippen LogP contribution in [-0.2, 0) is 5.41 Å². The molecule has 0 atom stereocenters. The highest BCUT2D eigenvalue weighted by Gasteiger charge is 2.38. The van der Waals surface area contributed by atoms with Crippen LogP contribution < -0.4 is 9.80 Å². The molecule has 0 saturated carbocycles. The number of aromatic nitrogens is 2. The van der Waals surface area contributed by atoms with Gasteiger partial charge in [-0.1, -0.05) is 153 Å². The largest absolute Gasteiger partial charge is 0.310 e. The number of anilines is 6. The van der Waals surface area contributed by atoms with Crippen molar-refractivity contribution in [1.29, 1.82) is 0 Å². The molecule has 288 valence electrons. The standard InChI is InChI=1S/C57H40N4/c1-57(2)48-18-9-6-16-46(48)53-49(57)19-12-22-52(53)60(41-29-23-38(24-30-41)37-13-4-3-5-14-37)42-31-25-39(26-32-42)40-27-33-43(34-28-40)61-51-21-11-8-17-47(51)55-54-45(35-36-58-55)44-15-7-10-20-50(44)59-56(54)61/h3-36H,1-2H3. The maximum Gasteiger partial charge on any atom is 0.148 e. The lowest BCUT2D eigenvalue weighted by molar-refractivity contribution is 0.660. The predicted molar refractivity (Wildman–Crippen MR) is 254 cm³/mol. The van der Waals surface area contributed by atoms with Crippen molar-refractivity contribution in [2.24, 2.45) is 0 Å². The third-order valence-corrected chi connectivity index (χ3v) is 12.9. The van der Waals surface area contributed by atoms with Crippen molar-refractivity contribution < 1.29 is 0 Å². The molecule has 1 aliphatic carbocycles. The first kappa shape index (κ1) is 35.2. The van der Waals surface area contributed by atoms with E-state index in [0.29, 0.717) is 0 Å². The van der Waals surface area contributed by atoms with E-state index in [1.165, 1.54) is 39.1 Å². The zero-order chi connectivity index (χ0) is 40.7. The fourth-order valence-electron chi connectivity index (χ4n) is 9.88. The summed E-state index contributed by atoms with van der Waals surface area (Å²) in [7, 11) is 0. The summed E-state index contributed by atoms with van der Waals surface area (Å²) in [6.07, 6.45) is 1.92. The second kappa shape index (κ2) is 13.6. The van der Waals surface area contributed by atoms with Crippen LogP contribution in [0.15, 0.2) is 206 Å². The van der Waals surface area contributed by atoms with Crippen molar-refractivity contribution in [3.8, 4) is 44.6 Å². The van der Waals surface area contributed by atoms with Gasteiger partial charge in [-0.05, 0) is 105 Å². The minimum absolute atomic E-state index is 0.103. The van der Waals surface area contributed by atoms with Crippen molar-refractivity contribution in [2.45, 2.75) is 19.3 Å². The van der Waals surface area contributed by atoms with E-state index < -0.39 is 0 Å². The maximum absolute atomic E-state index is 5.29. The Morgan fingerprint density at radius 2 is 1.07 bits per heavy atom. The zero-order valence-corrected chi connectivity index (χ0v) is 33.9. The minimum Gasteiger partial charge on any atom is -0.310 e. The lowest BCUT2D eigenvalue weighted by Gasteiger charge is -2.32. The Balaban J connectivity index is 0.942. The molecular weight excluding hydrogens is 741 g/mol. The Hall–Kier alpha value is -7.82. The first-order chi connectivity index (χ1) is 30.0. The zero-order valence-electron chi connectivity index (χ0n) is 33.9. The number of hydrogen-bond donors (Lipinski definition) is 0. The van der Waals surface area contributed by atoms with Gasteiger partial charge in [-0.2, -0.15) is 0 Å². The fraction of sp³-hybridized carbons (Fsp3) is 0.0526. The van der Waals surface area contributed by atoms with Gasteiger partial charge in [-0.3, -0.25) is 9.88 Å². The van der Waals surface area contributed by atoms with Crippen LogP contribution in [0.1, 0.15) is 25.0 Å². The number of para-hydroxylation sites is 2. The molecule has 2 aliphatic rings. The molecule has 4 nitrogen and oxygen atoms in total. The molecular formula is C57H40N4. The molecule has 12 rings (SSSR count). The SMILES string of the molecule is CC1(C)c2ccccc2-c2c(N(c3ccc(-c4ccccc4)cc3)c3ccc(-c4ccc(N5c6ccccc6-c6nccc7c6c5nc5ccccc57)cc4)cc3)cccc21. The Labute approximate surface area is 355 Å². The molecule has 4 heteroatoms. The molecule has 0 bridgehead atoms. The highest BCUT2D eigenvalue weighted by atomic mass is 15.2. The number of rotatable bonds is 6. The molecule has 8 aromatic carbocycles. The van der Waals surface area contributed by atoms with E-state index in [1.54, 1.807) is 0 Å². The molecule has 0 amide bonds. The first-order valence-corrected chi connectivity index (χ1v) is 21.0. The van der Waals surface area contributed by atoms with Crippen molar-refractivity contribution in [2.75, 3.05) is 9.80 Å². The number of pyridine rings is 2. The molecule has 0 radical (unpaired) electrons. The quantitative estimate of drug-likeness (QED) is 0.157. The lowest BCUT2D eigenvalue weighted by atomic mass is 9.82. The third kappa shape index (κ3) is 5.46. The van der Waals surface area contributed by atoms with E-state index >= 15 is 0 Å². The molecule has 1 aliphatic heterocycles. The van der Waals surface area contributed by atoms with E-state index in [-0.39, 0.29) is 5.41 Å². The second-order valence-electron chi connectivity index (χ2n) is 16.6. The first-order valence-electron chi connectivity index (χ1n) is 21.0. The summed E-state index contributed by atoms with van der Waals surface area (Å²) in [6.45, 7) is 4.69. The summed E-state index contributed by atoms with van der Waals surface area (Å²) in [5.74, 6) is 0.905. The van der Waals surface area contributed by atoms with Gasteiger partial charge in [0.05, 0.1) is 28.0 Å². The number of benzene rings is 8. The van der Waals surface area contributed by atoms with Gasteiger partial charge in [0.1, 0.15) is 5.82 Å². The minimum atomic E-state index is -0.103. The van der Waals surface area contributed by atoms with Crippen LogP contribution in [0.25, 0.3) is 66.3 Å². The summed E-state index contributed by atoms with van der Waals surface area (Å²) in [5.41, 5.74) is 18.5. The van der Waals surface area contributed by atoms with E-state index in [1.807, 2.05) is 6.20 Å². The molecule has 0 spiro atoms. The van der Waals surface area contributed by atoms with Crippen LogP contribution >= 0.6 is 0 Å². The molecule has 0 unspecified atom stereocenters. The van der Waals surface area contributed by atoms with Crippen LogP contribution in [0, 0.1) is 0 Å². The Kier molecular flexibility index (Phi) is 7.85. The Bertz CT molecular complexity index is 3320. The van der Waals surface area contributed by atoms with E-state index in [2.05, 4.69) is 224 Å². The van der Waals surface area contributed by atoms with Crippen LogP contribution in [-0.4, -0.2) is 9.97 Å². The van der Waals surface area contributed by atoms with Crippen molar-refractivity contribution in [3.63, 3.8) is 0 Å². The van der Waals surface area contributed by atoms with Crippen LogP contribution in [0.5, 0.6) is 0 Å². The van der Waals surface area contributed by atoms with Gasteiger partial charge in [0, 0.05) is 45.2 Å². The van der Waals surface area contributed by atoms with Gasteiger partial charge >= 0.3 is 0 Å². The summed E-state index contributed by atoms with van der Waals surface area (Å²) < 4.78 is 0. The van der Waals surface area contributed by atoms with Gasteiger partial charge in [0.25, 0.3) is 0 Å². The van der Waals surface area contributed by atoms with E-state index in [4.69, 9.17) is 9.97 Å². The number of fused-ring (bicyclic) bond motifs is 7. The highest BCUT2D eigenvalue weighted by molar-refractivity contribution is 6.19. The maximum atomic E-state index is 5.29. The average Bonchev–Trinajstić information content (AvgIpc) is 3.56. The van der Waals surface area contributed by atoms with Gasteiger partial charge in [-0.15, -0.1) is 0 Å². The fourth-order valence-corrected chi connectivity index (χ4v) is 9.88. The summed E-state index contributed by atoms with van der Waals surface area (Å²) >= 11 is 0. The van der Waals surface area contributed by atoms with Crippen molar-refractivity contribution in [3.05, 3.63) is 218 Å². The summed E-state index contributed by atoms with van der Waals surface area (Å²) in [4.78, 5) is 14.9. The summed E-state index contributed by atoms with van der Waals surface area (Å²) in [6, 6.07) is 72.3. The second-order valence-corrected chi connectivity index (χ2v) is 16.6. The van der Waals surface area contributed by atoms with Crippen LogP contribution in [0.2, 0.25) is 0 Å². The highest BCUT2D eigenvalue weighted by Crippen LogP contribution is 2.55. The predicted octanol–water partition coefficient (Wildman–Crippen LogP) is 15.3. The molecule has 3 heterocycles. The Morgan fingerprint density at radius 3 is 1.80 bits per heavy atom. The van der Waals surface area contributed by atoms with Gasteiger partial charge in [-0.25, -0.2) is 4.98 Å². The molecule has 0 fully saturated rings. The molecule has 0 saturated heterocycles. The van der Waals surface area contributed by atoms with Crippen LogP contribution in [0.4, 0.5) is 34.3 Å². The third-order valence-electron chi connectivity index (χ3n) is 12.9. The number of hydrogen-bond acceptors (Lipinski definition) is 4. The molecule has 61 heavy (non-hydrogen) atoms. The van der Waals surface area contributed by atoms with Gasteiger partial charge in [0.15, 0.2) is 0 Å². The molecule has 2 aromatic heterocycles. The summed E-state index contributed by atoms with van der Waals surface area (Å²) in [5, 5.41) is 3.38. The van der Waals surface area contributed by atoms with E-state index in [0.717, 1.165) is 72.6 Å². The monoisotopic (exact) mass is 780 g/mol.